The predicted molar refractivity (Wildman–Crippen MR) is 136 cm³/mol. The van der Waals surface area contributed by atoms with Gasteiger partial charge in [0.05, 0.1) is 31.3 Å². The SMILES string of the molecule is COc1cccc2c1C(c1ccccc1)c1c(ccc(N(C)C)c1OC)N2c1ccccc1. The number of nitrogens with zero attached hydrogens (tertiary/aromatic N) is 2. The molecule has 5 rings (SSSR count). The Balaban J connectivity index is 1.92. The molecule has 4 nitrogen and oxygen atoms in total. The first-order chi connectivity index (χ1) is 16.2. The molecule has 0 N–H and O–H groups in total. The molecule has 0 aromatic heterocycles. The molecule has 4 aromatic rings. The highest BCUT2D eigenvalue weighted by Gasteiger charge is 2.38. The van der Waals surface area contributed by atoms with E-state index >= 15 is 0 Å². The van der Waals surface area contributed by atoms with Crippen molar-refractivity contribution in [2.24, 2.45) is 0 Å². The van der Waals surface area contributed by atoms with Crippen LogP contribution < -0.4 is 19.3 Å². The van der Waals surface area contributed by atoms with Gasteiger partial charge in [0, 0.05) is 36.8 Å². The van der Waals surface area contributed by atoms with Gasteiger partial charge in [0.2, 0.25) is 0 Å². The first-order valence-electron chi connectivity index (χ1n) is 11.1. The van der Waals surface area contributed by atoms with Crippen LogP contribution in [0.25, 0.3) is 0 Å². The summed E-state index contributed by atoms with van der Waals surface area (Å²) >= 11 is 0. The summed E-state index contributed by atoms with van der Waals surface area (Å²) < 4.78 is 12.1. The summed E-state index contributed by atoms with van der Waals surface area (Å²) in [5.41, 5.74) is 7.83. The van der Waals surface area contributed by atoms with Crippen molar-refractivity contribution in [1.82, 2.24) is 0 Å². The van der Waals surface area contributed by atoms with E-state index in [-0.39, 0.29) is 5.92 Å². The lowest BCUT2D eigenvalue weighted by Gasteiger charge is -2.40. The summed E-state index contributed by atoms with van der Waals surface area (Å²) in [6.45, 7) is 0. The van der Waals surface area contributed by atoms with Gasteiger partial charge in [0.25, 0.3) is 0 Å². The summed E-state index contributed by atoms with van der Waals surface area (Å²) in [4.78, 5) is 4.42. The van der Waals surface area contributed by atoms with Crippen molar-refractivity contribution >= 4 is 22.7 Å². The van der Waals surface area contributed by atoms with Crippen molar-refractivity contribution in [3.8, 4) is 11.5 Å². The van der Waals surface area contributed by atoms with E-state index in [1.807, 2.05) is 26.2 Å². The Labute approximate surface area is 195 Å². The van der Waals surface area contributed by atoms with Gasteiger partial charge in [-0.2, -0.15) is 0 Å². The number of methoxy groups -OCH3 is 2. The number of para-hydroxylation sites is 1. The van der Waals surface area contributed by atoms with E-state index in [9.17, 15) is 0 Å². The number of fused-ring (bicyclic) bond motifs is 2. The maximum atomic E-state index is 6.12. The third-order valence-corrected chi connectivity index (χ3v) is 6.31. The van der Waals surface area contributed by atoms with E-state index in [0.29, 0.717) is 0 Å². The predicted octanol–water partition coefficient (Wildman–Crippen LogP) is 6.73. The second kappa shape index (κ2) is 8.55. The molecule has 1 aliphatic rings. The minimum Gasteiger partial charge on any atom is -0.496 e. The van der Waals surface area contributed by atoms with Crippen molar-refractivity contribution in [2.75, 3.05) is 38.1 Å². The smallest absolute Gasteiger partial charge is 0.148 e. The highest BCUT2D eigenvalue weighted by molar-refractivity contribution is 5.90. The van der Waals surface area contributed by atoms with Crippen LogP contribution >= 0.6 is 0 Å². The lowest BCUT2D eigenvalue weighted by molar-refractivity contribution is 0.402. The highest BCUT2D eigenvalue weighted by atomic mass is 16.5. The average molecular weight is 437 g/mol. The molecule has 0 saturated heterocycles. The fourth-order valence-electron chi connectivity index (χ4n) is 4.92. The van der Waals surface area contributed by atoms with Crippen molar-refractivity contribution in [3.05, 3.63) is 108 Å². The van der Waals surface area contributed by atoms with E-state index in [1.165, 1.54) is 5.56 Å². The molecule has 0 fully saturated rings. The molecule has 0 bridgehead atoms. The van der Waals surface area contributed by atoms with Gasteiger partial charge in [-0.1, -0.05) is 54.6 Å². The normalized spacial score (nSPS) is 14.3. The van der Waals surface area contributed by atoms with E-state index in [1.54, 1.807) is 14.2 Å². The molecule has 0 spiro atoms. The van der Waals surface area contributed by atoms with Gasteiger partial charge in [-0.3, -0.25) is 0 Å². The number of ether oxygens (including phenoxy) is 2. The number of benzene rings is 4. The fourth-order valence-corrected chi connectivity index (χ4v) is 4.92. The topological polar surface area (TPSA) is 24.9 Å². The van der Waals surface area contributed by atoms with E-state index in [4.69, 9.17) is 9.47 Å². The van der Waals surface area contributed by atoms with Gasteiger partial charge in [-0.05, 0) is 42.0 Å². The average Bonchev–Trinajstić information content (AvgIpc) is 2.87. The van der Waals surface area contributed by atoms with Crippen LogP contribution in [0.3, 0.4) is 0 Å². The van der Waals surface area contributed by atoms with Crippen LogP contribution in [0.15, 0.2) is 91.0 Å². The van der Waals surface area contributed by atoms with Crippen LogP contribution in [0.2, 0.25) is 0 Å². The van der Waals surface area contributed by atoms with Crippen LogP contribution in [0, 0.1) is 0 Å². The molecular weight excluding hydrogens is 408 g/mol. The summed E-state index contributed by atoms with van der Waals surface area (Å²) in [7, 11) is 7.60. The first kappa shape index (κ1) is 21.0. The van der Waals surface area contributed by atoms with E-state index in [2.05, 4.69) is 88.7 Å². The highest BCUT2D eigenvalue weighted by Crippen LogP contribution is 2.57. The van der Waals surface area contributed by atoms with E-state index in [0.717, 1.165) is 45.4 Å². The van der Waals surface area contributed by atoms with Gasteiger partial charge in [-0.15, -0.1) is 0 Å². The molecule has 0 radical (unpaired) electrons. The summed E-state index contributed by atoms with van der Waals surface area (Å²) in [6.07, 6.45) is 0. The minimum atomic E-state index is -0.0397. The second-order valence-corrected chi connectivity index (χ2v) is 8.35. The molecule has 0 saturated carbocycles. The molecule has 33 heavy (non-hydrogen) atoms. The Kier molecular flexibility index (Phi) is 5.43. The quantitative estimate of drug-likeness (QED) is 0.305. The zero-order chi connectivity index (χ0) is 22.9. The Hall–Kier alpha value is -3.92. The van der Waals surface area contributed by atoms with Gasteiger partial charge in [-0.25, -0.2) is 0 Å². The van der Waals surface area contributed by atoms with Gasteiger partial charge < -0.3 is 19.3 Å². The minimum absolute atomic E-state index is 0.0397. The summed E-state index contributed by atoms with van der Waals surface area (Å²) in [6, 6.07) is 31.7. The lowest BCUT2D eigenvalue weighted by Crippen LogP contribution is -2.24. The van der Waals surface area contributed by atoms with Gasteiger partial charge in [0.1, 0.15) is 11.5 Å². The Bertz CT molecular complexity index is 1270. The second-order valence-electron chi connectivity index (χ2n) is 8.35. The third kappa shape index (κ3) is 3.39. The largest absolute Gasteiger partial charge is 0.496 e. The molecule has 1 unspecified atom stereocenters. The van der Waals surface area contributed by atoms with Crippen molar-refractivity contribution in [2.45, 2.75) is 5.92 Å². The monoisotopic (exact) mass is 436 g/mol. The summed E-state index contributed by atoms with van der Waals surface area (Å²) in [5, 5.41) is 0. The Morgan fingerprint density at radius 2 is 1.33 bits per heavy atom. The molecule has 1 atom stereocenters. The maximum Gasteiger partial charge on any atom is 0.148 e. The van der Waals surface area contributed by atoms with Gasteiger partial charge >= 0.3 is 0 Å². The number of hydrogen-bond donors (Lipinski definition) is 0. The zero-order valence-electron chi connectivity index (χ0n) is 19.4. The van der Waals surface area contributed by atoms with Crippen LogP contribution in [-0.2, 0) is 0 Å². The molecule has 4 heteroatoms. The first-order valence-corrected chi connectivity index (χ1v) is 11.1. The molecule has 4 aromatic carbocycles. The number of anilines is 4. The maximum absolute atomic E-state index is 6.12. The number of rotatable bonds is 5. The summed E-state index contributed by atoms with van der Waals surface area (Å²) in [5.74, 6) is 1.70. The standard InChI is InChI=1S/C29H28N2O2/c1-30(2)24-19-18-23-28(29(24)33-4)26(20-12-7-5-8-13-20)27-22(16-11-17-25(27)32-3)31(23)21-14-9-6-10-15-21/h5-19,26H,1-4H3. The van der Waals surface area contributed by atoms with Crippen molar-refractivity contribution in [1.29, 1.82) is 0 Å². The molecule has 0 amide bonds. The van der Waals surface area contributed by atoms with Crippen molar-refractivity contribution in [3.63, 3.8) is 0 Å². The molecule has 166 valence electrons. The van der Waals surface area contributed by atoms with Crippen molar-refractivity contribution < 1.29 is 9.47 Å². The fraction of sp³-hybridized carbons (Fsp3) is 0.172. The van der Waals surface area contributed by atoms with Crippen LogP contribution in [0.4, 0.5) is 22.7 Å². The molecular formula is C29H28N2O2. The Morgan fingerprint density at radius 3 is 1.97 bits per heavy atom. The molecule has 0 aliphatic carbocycles. The molecule has 1 aliphatic heterocycles. The van der Waals surface area contributed by atoms with Crippen LogP contribution in [0.5, 0.6) is 11.5 Å². The number of hydrogen-bond acceptors (Lipinski definition) is 4. The van der Waals surface area contributed by atoms with Crippen LogP contribution in [0.1, 0.15) is 22.6 Å². The van der Waals surface area contributed by atoms with E-state index < -0.39 is 0 Å². The lowest BCUT2D eigenvalue weighted by atomic mass is 9.78. The zero-order valence-corrected chi connectivity index (χ0v) is 19.4. The third-order valence-electron chi connectivity index (χ3n) is 6.31. The van der Waals surface area contributed by atoms with Crippen LogP contribution in [-0.4, -0.2) is 28.3 Å². The molecule has 1 heterocycles. The van der Waals surface area contributed by atoms with Gasteiger partial charge in [0.15, 0.2) is 0 Å². The Morgan fingerprint density at radius 1 is 0.667 bits per heavy atom.